The van der Waals surface area contributed by atoms with Crippen LogP contribution in [0.2, 0.25) is 0 Å². The molecule has 0 radical (unpaired) electrons. The lowest BCUT2D eigenvalue weighted by atomic mass is 10.2. The SMILES string of the molecule is O=c1cc2ccccc2nn1Cc1ccccc1. The summed E-state index contributed by atoms with van der Waals surface area (Å²) in [4.78, 5) is 11.9. The quantitative estimate of drug-likeness (QED) is 0.685. The van der Waals surface area contributed by atoms with E-state index in [0.29, 0.717) is 6.54 Å². The fourth-order valence-electron chi connectivity index (χ4n) is 1.96. The van der Waals surface area contributed by atoms with Crippen LogP contribution in [0.5, 0.6) is 0 Å². The molecular weight excluding hydrogens is 224 g/mol. The molecule has 1 aromatic heterocycles. The number of hydrogen-bond donors (Lipinski definition) is 0. The molecule has 0 N–H and O–H groups in total. The molecule has 3 nitrogen and oxygen atoms in total. The molecule has 3 rings (SSSR count). The predicted octanol–water partition coefficient (Wildman–Crippen LogP) is 2.44. The van der Waals surface area contributed by atoms with Crippen molar-refractivity contribution in [2.24, 2.45) is 0 Å². The number of hydrogen-bond acceptors (Lipinski definition) is 2. The Morgan fingerprint density at radius 3 is 2.50 bits per heavy atom. The second-order valence-electron chi connectivity index (χ2n) is 4.18. The minimum atomic E-state index is -0.0717. The van der Waals surface area contributed by atoms with Crippen LogP contribution in [-0.2, 0) is 6.54 Å². The summed E-state index contributed by atoms with van der Waals surface area (Å²) >= 11 is 0. The molecule has 0 aliphatic heterocycles. The Morgan fingerprint density at radius 2 is 1.67 bits per heavy atom. The van der Waals surface area contributed by atoms with E-state index in [0.717, 1.165) is 16.5 Å². The molecule has 0 saturated carbocycles. The average Bonchev–Trinajstić information content (AvgIpc) is 2.41. The van der Waals surface area contributed by atoms with E-state index in [1.54, 1.807) is 6.07 Å². The van der Waals surface area contributed by atoms with Crippen LogP contribution >= 0.6 is 0 Å². The van der Waals surface area contributed by atoms with E-state index in [4.69, 9.17) is 0 Å². The molecule has 0 saturated heterocycles. The normalized spacial score (nSPS) is 10.7. The summed E-state index contributed by atoms with van der Waals surface area (Å²) in [6.45, 7) is 0.504. The topological polar surface area (TPSA) is 34.9 Å². The predicted molar refractivity (Wildman–Crippen MR) is 71.5 cm³/mol. The van der Waals surface area contributed by atoms with Crippen molar-refractivity contribution >= 4 is 10.9 Å². The summed E-state index contributed by atoms with van der Waals surface area (Å²) < 4.78 is 1.50. The lowest BCUT2D eigenvalue weighted by Crippen LogP contribution is -2.22. The van der Waals surface area contributed by atoms with Crippen molar-refractivity contribution in [1.82, 2.24) is 9.78 Å². The largest absolute Gasteiger partial charge is 0.268 e. The fraction of sp³-hybridized carbons (Fsp3) is 0.0667. The molecule has 1 heterocycles. The van der Waals surface area contributed by atoms with Gasteiger partial charge in [0.05, 0.1) is 12.1 Å². The van der Waals surface area contributed by atoms with Crippen molar-refractivity contribution in [2.45, 2.75) is 6.54 Å². The van der Waals surface area contributed by atoms with Gasteiger partial charge in [0, 0.05) is 11.5 Å². The van der Waals surface area contributed by atoms with E-state index in [-0.39, 0.29) is 5.56 Å². The molecule has 0 bridgehead atoms. The van der Waals surface area contributed by atoms with Crippen LogP contribution in [0.15, 0.2) is 65.5 Å². The zero-order chi connectivity index (χ0) is 12.4. The van der Waals surface area contributed by atoms with Crippen LogP contribution in [0.25, 0.3) is 10.9 Å². The molecular formula is C15H12N2O. The van der Waals surface area contributed by atoms with Crippen molar-refractivity contribution in [2.75, 3.05) is 0 Å². The van der Waals surface area contributed by atoms with Gasteiger partial charge in [-0.1, -0.05) is 48.5 Å². The maximum atomic E-state index is 11.9. The highest BCUT2D eigenvalue weighted by Gasteiger charge is 2.01. The first kappa shape index (κ1) is 10.7. The molecule has 18 heavy (non-hydrogen) atoms. The van der Waals surface area contributed by atoms with E-state index >= 15 is 0 Å². The van der Waals surface area contributed by atoms with Crippen LogP contribution in [0.1, 0.15) is 5.56 Å². The molecule has 0 aliphatic rings. The van der Waals surface area contributed by atoms with Crippen LogP contribution in [0.3, 0.4) is 0 Å². The Hall–Kier alpha value is -2.42. The Morgan fingerprint density at radius 1 is 0.944 bits per heavy atom. The monoisotopic (exact) mass is 236 g/mol. The van der Waals surface area contributed by atoms with Gasteiger partial charge in [0.25, 0.3) is 5.56 Å². The fourth-order valence-corrected chi connectivity index (χ4v) is 1.96. The molecule has 0 atom stereocenters. The molecule has 0 unspecified atom stereocenters. The molecule has 3 aromatic rings. The van der Waals surface area contributed by atoms with Crippen LogP contribution in [-0.4, -0.2) is 9.78 Å². The van der Waals surface area contributed by atoms with E-state index < -0.39 is 0 Å². The van der Waals surface area contributed by atoms with Gasteiger partial charge >= 0.3 is 0 Å². The molecule has 0 fully saturated rings. The minimum absolute atomic E-state index is 0.0717. The minimum Gasteiger partial charge on any atom is -0.268 e. The van der Waals surface area contributed by atoms with Gasteiger partial charge in [-0.2, -0.15) is 5.10 Å². The second kappa shape index (κ2) is 4.45. The zero-order valence-corrected chi connectivity index (χ0v) is 9.78. The summed E-state index contributed by atoms with van der Waals surface area (Å²) in [6, 6.07) is 19.1. The summed E-state index contributed by atoms with van der Waals surface area (Å²) in [5, 5.41) is 5.26. The Bertz CT molecular complexity index is 732. The smallest absolute Gasteiger partial charge is 0.267 e. The van der Waals surface area contributed by atoms with Crippen molar-refractivity contribution in [3.63, 3.8) is 0 Å². The molecule has 3 heteroatoms. The van der Waals surface area contributed by atoms with Gasteiger partial charge in [0.15, 0.2) is 0 Å². The first-order chi connectivity index (χ1) is 8.83. The number of fused-ring (bicyclic) bond motifs is 1. The molecule has 2 aromatic carbocycles. The third-order valence-corrected chi connectivity index (χ3v) is 2.87. The second-order valence-corrected chi connectivity index (χ2v) is 4.18. The van der Waals surface area contributed by atoms with E-state index in [9.17, 15) is 4.79 Å². The number of aromatic nitrogens is 2. The van der Waals surface area contributed by atoms with Gasteiger partial charge in [-0.15, -0.1) is 0 Å². The van der Waals surface area contributed by atoms with Crippen molar-refractivity contribution in [3.8, 4) is 0 Å². The summed E-state index contributed by atoms with van der Waals surface area (Å²) in [5.74, 6) is 0. The number of rotatable bonds is 2. The standard InChI is InChI=1S/C15H12N2O/c18-15-10-13-8-4-5-9-14(13)16-17(15)11-12-6-2-1-3-7-12/h1-10H,11H2. The highest BCUT2D eigenvalue weighted by Crippen LogP contribution is 2.07. The van der Waals surface area contributed by atoms with Gasteiger partial charge in [-0.3, -0.25) is 4.79 Å². The van der Waals surface area contributed by atoms with E-state index in [1.807, 2.05) is 54.6 Å². The Labute approximate surface area is 104 Å². The highest BCUT2D eigenvalue weighted by molar-refractivity contribution is 5.77. The van der Waals surface area contributed by atoms with E-state index in [1.165, 1.54) is 4.68 Å². The Balaban J connectivity index is 2.07. The maximum Gasteiger partial charge on any atom is 0.267 e. The molecule has 0 aliphatic carbocycles. The van der Waals surface area contributed by atoms with Gasteiger partial charge in [-0.25, -0.2) is 4.68 Å². The first-order valence-electron chi connectivity index (χ1n) is 5.84. The summed E-state index contributed by atoms with van der Waals surface area (Å²) in [6.07, 6.45) is 0. The van der Waals surface area contributed by atoms with Gasteiger partial charge in [-0.05, 0) is 11.6 Å². The van der Waals surface area contributed by atoms with Crippen molar-refractivity contribution in [3.05, 3.63) is 76.6 Å². The third-order valence-electron chi connectivity index (χ3n) is 2.87. The molecule has 0 amide bonds. The van der Waals surface area contributed by atoms with Crippen LogP contribution in [0, 0.1) is 0 Å². The molecule has 88 valence electrons. The summed E-state index contributed by atoms with van der Waals surface area (Å²) in [7, 11) is 0. The van der Waals surface area contributed by atoms with Crippen LogP contribution < -0.4 is 5.56 Å². The van der Waals surface area contributed by atoms with Crippen molar-refractivity contribution in [1.29, 1.82) is 0 Å². The average molecular weight is 236 g/mol. The van der Waals surface area contributed by atoms with Crippen LogP contribution in [0.4, 0.5) is 0 Å². The first-order valence-corrected chi connectivity index (χ1v) is 5.84. The molecule has 0 spiro atoms. The maximum absolute atomic E-state index is 11.9. The van der Waals surface area contributed by atoms with Gasteiger partial charge in [0.1, 0.15) is 0 Å². The van der Waals surface area contributed by atoms with Crippen molar-refractivity contribution < 1.29 is 0 Å². The zero-order valence-electron chi connectivity index (χ0n) is 9.78. The number of benzene rings is 2. The van der Waals surface area contributed by atoms with Gasteiger partial charge in [0.2, 0.25) is 0 Å². The lowest BCUT2D eigenvalue weighted by Gasteiger charge is -2.05. The highest BCUT2D eigenvalue weighted by atomic mass is 16.1. The lowest BCUT2D eigenvalue weighted by molar-refractivity contribution is 0.653. The Kier molecular flexibility index (Phi) is 2.65. The third kappa shape index (κ3) is 2.02. The summed E-state index contributed by atoms with van der Waals surface area (Å²) in [5.41, 5.74) is 1.84. The van der Waals surface area contributed by atoms with E-state index in [2.05, 4.69) is 5.10 Å². The number of nitrogens with zero attached hydrogens (tertiary/aromatic N) is 2. The van der Waals surface area contributed by atoms with Gasteiger partial charge < -0.3 is 0 Å².